The van der Waals surface area contributed by atoms with Gasteiger partial charge in [-0.15, -0.1) is 0 Å². The number of nitrogens with zero attached hydrogens (tertiary/aromatic N) is 2. The summed E-state index contributed by atoms with van der Waals surface area (Å²) in [6.07, 6.45) is 0. The summed E-state index contributed by atoms with van der Waals surface area (Å²) in [5.74, 6) is -2.99. The van der Waals surface area contributed by atoms with E-state index in [4.69, 9.17) is 11.6 Å². The number of amides is 3. The Labute approximate surface area is 249 Å². The number of carbonyl (C=O) groups is 3. The number of thiazole rings is 1. The van der Waals surface area contributed by atoms with Crippen LogP contribution in [-0.2, 0) is 20.9 Å². The second-order valence-electron chi connectivity index (χ2n) is 9.26. The maximum absolute atomic E-state index is 13.9. The Balaban J connectivity index is 1.40. The van der Waals surface area contributed by atoms with Crippen molar-refractivity contribution in [2.45, 2.75) is 22.7 Å². The fourth-order valence-corrected chi connectivity index (χ4v) is 8.17. The van der Waals surface area contributed by atoms with Crippen molar-refractivity contribution < 1.29 is 18.8 Å². The lowest BCUT2D eigenvalue weighted by Gasteiger charge is -2.30. The first kappa shape index (κ1) is 26.9. The molecule has 202 valence electrons. The van der Waals surface area contributed by atoms with Gasteiger partial charge in [-0.05, 0) is 66.2 Å². The molecule has 3 atom stereocenters. The zero-order valence-corrected chi connectivity index (χ0v) is 24.3. The Morgan fingerprint density at radius 2 is 1.62 bits per heavy atom. The highest BCUT2D eigenvalue weighted by molar-refractivity contribution is 9.10. The molecule has 2 aliphatic heterocycles. The van der Waals surface area contributed by atoms with Gasteiger partial charge in [-0.1, -0.05) is 62.8 Å². The van der Waals surface area contributed by atoms with Gasteiger partial charge in [0, 0.05) is 26.0 Å². The molecule has 3 amide bonds. The first-order valence-corrected chi connectivity index (χ1v) is 14.9. The van der Waals surface area contributed by atoms with Crippen molar-refractivity contribution in [3.63, 3.8) is 0 Å². The predicted octanol–water partition coefficient (Wildman–Crippen LogP) is 5.90. The normalized spacial score (nSPS) is 19.9. The van der Waals surface area contributed by atoms with Gasteiger partial charge in [-0.25, -0.2) is 9.29 Å². The van der Waals surface area contributed by atoms with E-state index in [1.54, 1.807) is 48.5 Å². The maximum Gasteiger partial charge on any atom is 0.308 e. The minimum absolute atomic E-state index is 0.307. The highest BCUT2D eigenvalue weighted by Crippen LogP contribution is 2.54. The molecular weight excluding hydrogens is 641 g/mol. The summed E-state index contributed by atoms with van der Waals surface area (Å²) in [6, 6.07) is 19.2. The molecule has 2 aliphatic rings. The van der Waals surface area contributed by atoms with E-state index in [0.717, 1.165) is 33.1 Å². The van der Waals surface area contributed by atoms with Crippen LogP contribution in [0, 0.1) is 11.7 Å². The number of hydrogen-bond acceptors (Lipinski definition) is 6. The lowest BCUT2D eigenvalue weighted by Crippen LogP contribution is -2.33. The fraction of sp³-hybridized carbons (Fsp3) is 0.143. The van der Waals surface area contributed by atoms with E-state index in [9.17, 15) is 23.6 Å². The van der Waals surface area contributed by atoms with Crippen LogP contribution in [0.15, 0.2) is 87.1 Å². The number of rotatable bonds is 5. The lowest BCUT2D eigenvalue weighted by molar-refractivity contribution is -0.122. The molecule has 1 fully saturated rings. The number of aromatic nitrogens is 1. The van der Waals surface area contributed by atoms with Crippen LogP contribution >= 0.6 is 50.6 Å². The quantitative estimate of drug-likeness (QED) is 0.270. The van der Waals surface area contributed by atoms with Crippen molar-refractivity contribution in [3.05, 3.63) is 108 Å². The molecule has 0 bridgehead atoms. The Kier molecular flexibility index (Phi) is 7.16. The van der Waals surface area contributed by atoms with E-state index in [-0.39, 0.29) is 23.2 Å². The average molecular weight is 659 g/mol. The molecule has 0 radical (unpaired) electrons. The molecule has 0 spiro atoms. The zero-order chi connectivity index (χ0) is 28.1. The third kappa shape index (κ3) is 4.81. The van der Waals surface area contributed by atoms with Gasteiger partial charge in [0.15, 0.2) is 0 Å². The van der Waals surface area contributed by atoms with Crippen molar-refractivity contribution in [2.75, 3.05) is 10.2 Å². The van der Waals surface area contributed by atoms with Gasteiger partial charge in [0.05, 0.1) is 16.6 Å². The van der Waals surface area contributed by atoms with E-state index in [2.05, 4.69) is 21.2 Å². The van der Waals surface area contributed by atoms with Crippen molar-refractivity contribution in [2.24, 2.45) is 5.92 Å². The monoisotopic (exact) mass is 657 g/mol. The number of fused-ring (bicyclic) bond motifs is 2. The van der Waals surface area contributed by atoms with E-state index < -0.39 is 28.8 Å². The number of anilines is 2. The van der Waals surface area contributed by atoms with E-state index in [1.807, 2.05) is 0 Å². The zero-order valence-electron chi connectivity index (χ0n) is 20.3. The van der Waals surface area contributed by atoms with Gasteiger partial charge in [-0.2, -0.15) is 0 Å². The van der Waals surface area contributed by atoms with Gasteiger partial charge < -0.3 is 5.32 Å². The fourth-order valence-electron chi connectivity index (χ4n) is 5.01. The van der Waals surface area contributed by atoms with Gasteiger partial charge in [0.25, 0.3) is 0 Å². The number of benzene rings is 3. The number of thioether (sulfide) groups is 1. The molecule has 0 aliphatic carbocycles. The summed E-state index contributed by atoms with van der Waals surface area (Å²) in [6.45, 7) is -0.307. The highest BCUT2D eigenvalue weighted by atomic mass is 79.9. The standard InChI is InChI=1S/C28H18BrClFN3O4S2/c29-15-3-11-19(12-4-15)34-25(36)22-21(14-1-5-16(30)6-2-14)24-27(39-23(22)26(34)37)33(28(38)40-24)13-20(35)32-18-9-7-17(31)8-10-18/h1-12,21-23H,13H2,(H,32,35)/t21-,22?,23?/m0/s1. The van der Waals surface area contributed by atoms with Crippen LogP contribution in [0.25, 0.3) is 0 Å². The highest BCUT2D eigenvalue weighted by Gasteiger charge is 2.56. The van der Waals surface area contributed by atoms with Gasteiger partial charge in [0.1, 0.15) is 17.6 Å². The molecule has 1 saturated heterocycles. The molecule has 3 aromatic carbocycles. The summed E-state index contributed by atoms with van der Waals surface area (Å²) in [4.78, 5) is 55.1. The molecule has 1 N–H and O–H groups in total. The second-order valence-corrected chi connectivity index (χ2v) is 12.7. The minimum Gasteiger partial charge on any atom is -0.325 e. The van der Waals surface area contributed by atoms with Crippen LogP contribution in [0.5, 0.6) is 0 Å². The molecule has 40 heavy (non-hydrogen) atoms. The van der Waals surface area contributed by atoms with Gasteiger partial charge in [0.2, 0.25) is 17.7 Å². The van der Waals surface area contributed by atoms with Crippen LogP contribution in [0.2, 0.25) is 5.02 Å². The molecule has 6 rings (SSSR count). The Bertz CT molecular complexity index is 1710. The van der Waals surface area contributed by atoms with Gasteiger partial charge in [-0.3, -0.25) is 23.7 Å². The Hall–Kier alpha value is -3.25. The topological polar surface area (TPSA) is 88.5 Å². The first-order chi connectivity index (χ1) is 19.2. The maximum atomic E-state index is 13.9. The van der Waals surface area contributed by atoms with Crippen molar-refractivity contribution in [3.8, 4) is 0 Å². The minimum atomic E-state index is -0.801. The molecular formula is C28H18BrClFN3O4S2. The van der Waals surface area contributed by atoms with Crippen molar-refractivity contribution >= 4 is 79.7 Å². The van der Waals surface area contributed by atoms with Crippen LogP contribution < -0.4 is 15.1 Å². The number of imide groups is 1. The molecule has 2 unspecified atom stereocenters. The van der Waals surface area contributed by atoms with Crippen molar-refractivity contribution in [1.82, 2.24) is 4.57 Å². The third-order valence-electron chi connectivity index (χ3n) is 6.79. The smallest absolute Gasteiger partial charge is 0.308 e. The average Bonchev–Trinajstić information content (AvgIpc) is 3.37. The predicted molar refractivity (Wildman–Crippen MR) is 157 cm³/mol. The molecule has 1 aromatic heterocycles. The van der Waals surface area contributed by atoms with Crippen LogP contribution in [0.3, 0.4) is 0 Å². The van der Waals surface area contributed by atoms with Crippen LogP contribution in [0.4, 0.5) is 15.8 Å². The number of carbonyl (C=O) groups excluding carboxylic acids is 3. The number of halogens is 3. The second kappa shape index (κ2) is 10.6. The van der Waals surface area contributed by atoms with Gasteiger partial charge >= 0.3 is 4.87 Å². The number of nitrogens with one attached hydrogen (secondary N) is 1. The number of hydrogen-bond donors (Lipinski definition) is 1. The molecule has 3 heterocycles. The Morgan fingerprint density at radius 3 is 2.30 bits per heavy atom. The Morgan fingerprint density at radius 1 is 0.950 bits per heavy atom. The first-order valence-electron chi connectivity index (χ1n) is 12.1. The summed E-state index contributed by atoms with van der Waals surface area (Å²) >= 11 is 11.6. The molecule has 7 nitrogen and oxygen atoms in total. The van der Waals surface area contributed by atoms with Crippen LogP contribution in [-0.4, -0.2) is 27.5 Å². The summed E-state index contributed by atoms with van der Waals surface area (Å²) < 4.78 is 15.4. The summed E-state index contributed by atoms with van der Waals surface area (Å²) in [5, 5.41) is 2.86. The molecule has 0 saturated carbocycles. The van der Waals surface area contributed by atoms with E-state index in [0.29, 0.717) is 26.3 Å². The van der Waals surface area contributed by atoms with E-state index in [1.165, 1.54) is 33.7 Å². The third-order valence-corrected chi connectivity index (χ3v) is 10.2. The van der Waals surface area contributed by atoms with Crippen LogP contribution in [0.1, 0.15) is 16.4 Å². The molecule has 12 heteroatoms. The lowest BCUT2D eigenvalue weighted by atomic mass is 9.83. The summed E-state index contributed by atoms with van der Waals surface area (Å²) in [5.41, 5.74) is 1.59. The largest absolute Gasteiger partial charge is 0.325 e. The van der Waals surface area contributed by atoms with E-state index >= 15 is 0 Å². The SMILES string of the molecule is O=C(Cn1c2c(sc1=O)[C@@H](c1ccc(Cl)cc1)C1C(=O)N(c3ccc(Br)cc3)C(=O)C1S2)Nc1ccc(F)cc1. The van der Waals surface area contributed by atoms with Crippen molar-refractivity contribution in [1.29, 1.82) is 0 Å². The molecule has 4 aromatic rings. The summed E-state index contributed by atoms with van der Waals surface area (Å²) in [7, 11) is 0.